The van der Waals surface area contributed by atoms with E-state index in [2.05, 4.69) is 21.2 Å². The second-order valence-electron chi connectivity index (χ2n) is 2.32. The molecule has 0 heterocycles. The number of benzene rings is 1. The summed E-state index contributed by atoms with van der Waals surface area (Å²) in [6.45, 7) is 0. The molecule has 0 radical (unpaired) electrons. The third-order valence-corrected chi connectivity index (χ3v) is 3.19. The number of hydrogen-bond donors (Lipinski definition) is 3. The summed E-state index contributed by atoms with van der Waals surface area (Å²) in [6.07, 6.45) is 0. The normalized spacial score (nSPS) is 9.71. The molecule has 2 amide bonds. The van der Waals surface area contributed by atoms with Gasteiger partial charge < -0.3 is 5.32 Å². The van der Waals surface area contributed by atoms with Gasteiger partial charge in [0.25, 0.3) is 0 Å². The summed E-state index contributed by atoms with van der Waals surface area (Å²) in [5.74, 6) is 4.89. The van der Waals surface area contributed by atoms with Crippen LogP contribution in [-0.2, 0) is 0 Å². The molecule has 0 aliphatic rings. The van der Waals surface area contributed by atoms with E-state index >= 15 is 0 Å². The molecule has 0 aromatic heterocycles. The zero-order valence-corrected chi connectivity index (χ0v) is 9.87. The summed E-state index contributed by atoms with van der Waals surface area (Å²) in [7, 11) is 0. The lowest BCUT2D eigenvalue weighted by Gasteiger charge is -2.08. The van der Waals surface area contributed by atoms with Gasteiger partial charge in [0.2, 0.25) is 0 Å². The fraction of sp³-hybridized carbons (Fsp3) is 0. The molecule has 0 fully saturated rings. The van der Waals surface area contributed by atoms with Crippen molar-refractivity contribution in [2.24, 2.45) is 5.84 Å². The van der Waals surface area contributed by atoms with E-state index in [0.29, 0.717) is 15.2 Å². The molecule has 0 unspecified atom stereocenters. The minimum atomic E-state index is -0.565. The molecular weight excluding hydrogens is 293 g/mol. The molecule has 1 aromatic rings. The third-order valence-electron chi connectivity index (χ3n) is 1.41. The van der Waals surface area contributed by atoms with Gasteiger partial charge in [-0.25, -0.2) is 10.6 Å². The summed E-state index contributed by atoms with van der Waals surface area (Å²) in [4.78, 5) is 10.9. The highest BCUT2D eigenvalue weighted by Gasteiger charge is 2.09. The number of nitrogens with one attached hydrogen (secondary N) is 2. The summed E-state index contributed by atoms with van der Waals surface area (Å²) in [5.41, 5.74) is 2.30. The fourth-order valence-corrected chi connectivity index (χ4v) is 1.60. The van der Waals surface area contributed by atoms with Crippen molar-refractivity contribution < 1.29 is 4.79 Å². The molecule has 76 valence electrons. The summed E-state index contributed by atoms with van der Waals surface area (Å²) >= 11 is 14.9. The number of amides is 2. The molecule has 7 heteroatoms. The molecule has 14 heavy (non-hydrogen) atoms. The maximum absolute atomic E-state index is 10.9. The molecule has 4 nitrogen and oxygen atoms in total. The Balaban J connectivity index is 3.00. The van der Waals surface area contributed by atoms with Crippen LogP contribution in [0.15, 0.2) is 16.6 Å². The van der Waals surface area contributed by atoms with E-state index < -0.39 is 6.03 Å². The molecule has 4 N–H and O–H groups in total. The summed E-state index contributed by atoms with van der Waals surface area (Å²) in [6, 6.07) is 2.71. The van der Waals surface area contributed by atoms with Crippen LogP contribution < -0.4 is 16.6 Å². The van der Waals surface area contributed by atoms with Gasteiger partial charge in [-0.05, 0) is 28.1 Å². The Labute approximate surface area is 98.8 Å². The standard InChI is InChI=1S/C7H6BrCl2N3O/c8-3-1-2-4(6(10)5(3)9)12-7(14)13-11/h1-2H,11H2,(H2,12,13,14). The SMILES string of the molecule is NNC(=O)Nc1ccc(Br)c(Cl)c1Cl. The van der Waals surface area contributed by atoms with Crippen molar-refractivity contribution in [1.29, 1.82) is 0 Å². The molecule has 0 bridgehead atoms. The van der Waals surface area contributed by atoms with Crippen LogP contribution in [0.3, 0.4) is 0 Å². The highest BCUT2D eigenvalue weighted by molar-refractivity contribution is 9.10. The average molecular weight is 299 g/mol. The van der Waals surface area contributed by atoms with Gasteiger partial charge in [0.1, 0.15) is 0 Å². The molecule has 0 aliphatic carbocycles. The highest BCUT2D eigenvalue weighted by atomic mass is 79.9. The lowest BCUT2D eigenvalue weighted by atomic mass is 10.3. The van der Waals surface area contributed by atoms with Gasteiger partial charge in [0.15, 0.2) is 0 Å². The fourth-order valence-electron chi connectivity index (χ4n) is 0.781. The molecule has 1 rings (SSSR count). The maximum Gasteiger partial charge on any atom is 0.333 e. The van der Waals surface area contributed by atoms with Crippen LogP contribution in [0.5, 0.6) is 0 Å². The molecule has 0 aliphatic heterocycles. The Morgan fingerprint density at radius 2 is 2.00 bits per heavy atom. The summed E-state index contributed by atoms with van der Waals surface area (Å²) < 4.78 is 0.655. The van der Waals surface area contributed by atoms with Crippen LogP contribution in [0.2, 0.25) is 10.0 Å². The van der Waals surface area contributed by atoms with E-state index in [0.717, 1.165) is 0 Å². The van der Waals surface area contributed by atoms with Crippen molar-refractivity contribution in [1.82, 2.24) is 5.43 Å². The van der Waals surface area contributed by atoms with Crippen LogP contribution in [0.4, 0.5) is 10.5 Å². The van der Waals surface area contributed by atoms with E-state index in [1.807, 2.05) is 5.43 Å². The Kier molecular flexibility index (Phi) is 4.00. The number of urea groups is 1. The summed E-state index contributed by atoms with van der Waals surface area (Å²) in [5, 5.41) is 3.00. The Bertz CT molecular complexity index is 372. The first-order valence-corrected chi connectivity index (χ1v) is 5.02. The number of hydrogen-bond acceptors (Lipinski definition) is 2. The highest BCUT2D eigenvalue weighted by Crippen LogP contribution is 2.35. The van der Waals surface area contributed by atoms with Crippen LogP contribution >= 0.6 is 39.1 Å². The number of carbonyl (C=O) groups excluding carboxylic acids is 1. The third kappa shape index (κ3) is 2.51. The lowest BCUT2D eigenvalue weighted by Crippen LogP contribution is -2.34. The average Bonchev–Trinajstić information content (AvgIpc) is 2.19. The van der Waals surface area contributed by atoms with E-state index in [4.69, 9.17) is 29.0 Å². The Morgan fingerprint density at radius 3 is 2.57 bits per heavy atom. The lowest BCUT2D eigenvalue weighted by molar-refractivity contribution is 0.252. The predicted molar refractivity (Wildman–Crippen MR) is 60.5 cm³/mol. The minimum absolute atomic E-state index is 0.254. The number of rotatable bonds is 1. The maximum atomic E-state index is 10.9. The molecule has 0 saturated carbocycles. The van der Waals surface area contributed by atoms with Crippen molar-refractivity contribution in [3.05, 3.63) is 26.7 Å². The van der Waals surface area contributed by atoms with E-state index in [-0.39, 0.29) is 5.02 Å². The first kappa shape index (κ1) is 11.6. The Hall–Kier alpha value is -0.490. The van der Waals surface area contributed by atoms with Gasteiger partial charge in [0.05, 0.1) is 15.7 Å². The number of anilines is 1. The largest absolute Gasteiger partial charge is 0.333 e. The number of halogens is 3. The van der Waals surface area contributed by atoms with Gasteiger partial charge in [-0.2, -0.15) is 0 Å². The Morgan fingerprint density at radius 1 is 1.36 bits per heavy atom. The van der Waals surface area contributed by atoms with Crippen molar-refractivity contribution in [3.8, 4) is 0 Å². The smallest absolute Gasteiger partial charge is 0.305 e. The van der Waals surface area contributed by atoms with Crippen LogP contribution in [-0.4, -0.2) is 6.03 Å². The minimum Gasteiger partial charge on any atom is -0.305 e. The van der Waals surface area contributed by atoms with Gasteiger partial charge >= 0.3 is 6.03 Å². The first-order valence-electron chi connectivity index (χ1n) is 3.47. The second kappa shape index (κ2) is 4.84. The molecule has 0 atom stereocenters. The van der Waals surface area contributed by atoms with Gasteiger partial charge in [-0.1, -0.05) is 23.2 Å². The zero-order valence-electron chi connectivity index (χ0n) is 6.77. The first-order chi connectivity index (χ1) is 6.56. The van der Waals surface area contributed by atoms with Gasteiger partial charge in [-0.15, -0.1) is 0 Å². The molecule has 1 aromatic carbocycles. The van der Waals surface area contributed by atoms with Crippen LogP contribution in [0.1, 0.15) is 0 Å². The van der Waals surface area contributed by atoms with Crippen LogP contribution in [0.25, 0.3) is 0 Å². The van der Waals surface area contributed by atoms with E-state index in [1.54, 1.807) is 12.1 Å². The number of nitrogens with two attached hydrogens (primary N) is 1. The van der Waals surface area contributed by atoms with Gasteiger partial charge in [-0.3, -0.25) is 5.43 Å². The molecule has 0 spiro atoms. The quantitative estimate of drug-likeness (QED) is 0.323. The van der Waals surface area contributed by atoms with Gasteiger partial charge in [0, 0.05) is 4.47 Å². The topological polar surface area (TPSA) is 67.1 Å². The van der Waals surface area contributed by atoms with Crippen LogP contribution in [0, 0.1) is 0 Å². The molecule has 0 saturated heterocycles. The van der Waals surface area contributed by atoms with E-state index in [1.165, 1.54) is 0 Å². The predicted octanol–water partition coefficient (Wildman–Crippen LogP) is 2.75. The van der Waals surface area contributed by atoms with E-state index in [9.17, 15) is 4.79 Å². The van der Waals surface area contributed by atoms with Crippen molar-refractivity contribution in [2.45, 2.75) is 0 Å². The number of hydrazine groups is 1. The van der Waals surface area contributed by atoms with Crippen molar-refractivity contribution >= 4 is 50.9 Å². The van der Waals surface area contributed by atoms with Crippen molar-refractivity contribution in [2.75, 3.05) is 5.32 Å². The monoisotopic (exact) mass is 297 g/mol. The second-order valence-corrected chi connectivity index (χ2v) is 3.93. The molecular formula is C7H6BrCl2N3O. The van der Waals surface area contributed by atoms with Crippen molar-refractivity contribution in [3.63, 3.8) is 0 Å². The number of carbonyl (C=O) groups is 1. The zero-order chi connectivity index (χ0) is 10.7.